The molecule has 0 bridgehead atoms. The summed E-state index contributed by atoms with van der Waals surface area (Å²) in [7, 11) is 0. The van der Waals surface area contributed by atoms with Gasteiger partial charge in [0.15, 0.2) is 0 Å². The SMILES string of the molecule is O=C(c1ccc(-n2cccc2)nc1)N1CCC(O)CC1. The fourth-order valence-electron chi connectivity index (χ4n) is 2.40. The molecule has 1 aliphatic heterocycles. The second-order valence-electron chi connectivity index (χ2n) is 5.02. The van der Waals surface area contributed by atoms with E-state index in [4.69, 9.17) is 0 Å². The Morgan fingerprint density at radius 3 is 2.50 bits per heavy atom. The van der Waals surface area contributed by atoms with Crippen molar-refractivity contribution in [2.24, 2.45) is 0 Å². The van der Waals surface area contributed by atoms with Crippen molar-refractivity contribution < 1.29 is 9.90 Å². The molecule has 0 radical (unpaired) electrons. The minimum absolute atomic E-state index is 0.0107. The van der Waals surface area contributed by atoms with E-state index in [0.717, 1.165) is 5.82 Å². The number of aliphatic hydroxyl groups excluding tert-OH is 1. The van der Waals surface area contributed by atoms with Crippen molar-refractivity contribution in [2.75, 3.05) is 13.1 Å². The van der Waals surface area contributed by atoms with E-state index in [1.54, 1.807) is 17.2 Å². The molecule has 1 fully saturated rings. The minimum atomic E-state index is -0.270. The highest BCUT2D eigenvalue weighted by atomic mass is 16.3. The van der Waals surface area contributed by atoms with Crippen molar-refractivity contribution in [3.05, 3.63) is 48.4 Å². The van der Waals surface area contributed by atoms with E-state index in [1.165, 1.54) is 0 Å². The van der Waals surface area contributed by atoms with Gasteiger partial charge in [-0.05, 0) is 37.1 Å². The fourth-order valence-corrected chi connectivity index (χ4v) is 2.40. The first kappa shape index (κ1) is 12.9. The lowest BCUT2D eigenvalue weighted by atomic mass is 10.1. The number of hydrogen-bond acceptors (Lipinski definition) is 3. The Bertz CT molecular complexity index is 570. The largest absolute Gasteiger partial charge is 0.393 e. The standard InChI is InChI=1S/C15H17N3O2/c19-13-5-9-18(10-6-13)15(20)12-3-4-14(16-11-12)17-7-1-2-8-17/h1-4,7-8,11,13,19H,5-6,9-10H2. The Hall–Kier alpha value is -2.14. The predicted molar refractivity (Wildman–Crippen MR) is 74.7 cm³/mol. The van der Waals surface area contributed by atoms with Gasteiger partial charge in [-0.15, -0.1) is 0 Å². The molecule has 2 aromatic rings. The van der Waals surface area contributed by atoms with Crippen LogP contribution in [0.4, 0.5) is 0 Å². The third kappa shape index (κ3) is 2.58. The lowest BCUT2D eigenvalue weighted by molar-refractivity contribution is 0.0546. The summed E-state index contributed by atoms with van der Waals surface area (Å²) in [5, 5.41) is 9.47. The van der Waals surface area contributed by atoms with Crippen molar-refractivity contribution in [1.29, 1.82) is 0 Å². The highest BCUT2D eigenvalue weighted by Gasteiger charge is 2.22. The highest BCUT2D eigenvalue weighted by Crippen LogP contribution is 2.14. The number of amides is 1. The lowest BCUT2D eigenvalue weighted by Gasteiger charge is -2.29. The Kier molecular flexibility index (Phi) is 3.52. The van der Waals surface area contributed by atoms with E-state index in [9.17, 15) is 9.90 Å². The van der Waals surface area contributed by atoms with Gasteiger partial charge in [-0.25, -0.2) is 4.98 Å². The molecule has 0 aliphatic carbocycles. The van der Waals surface area contributed by atoms with Crippen LogP contribution in [0, 0.1) is 0 Å². The predicted octanol–water partition coefficient (Wildman–Crippen LogP) is 1.47. The molecule has 0 aromatic carbocycles. The molecule has 20 heavy (non-hydrogen) atoms. The van der Waals surface area contributed by atoms with Crippen LogP contribution < -0.4 is 0 Å². The van der Waals surface area contributed by atoms with Gasteiger partial charge in [0, 0.05) is 31.7 Å². The monoisotopic (exact) mass is 271 g/mol. The Labute approximate surface area is 117 Å². The maximum atomic E-state index is 12.3. The maximum Gasteiger partial charge on any atom is 0.255 e. The third-order valence-electron chi connectivity index (χ3n) is 3.62. The number of carbonyl (C=O) groups is 1. The van der Waals surface area contributed by atoms with Gasteiger partial charge in [-0.1, -0.05) is 0 Å². The molecule has 1 saturated heterocycles. The first-order valence-corrected chi connectivity index (χ1v) is 6.81. The van der Waals surface area contributed by atoms with E-state index < -0.39 is 0 Å². The van der Waals surface area contributed by atoms with Crippen LogP contribution in [0.2, 0.25) is 0 Å². The maximum absolute atomic E-state index is 12.3. The topological polar surface area (TPSA) is 58.4 Å². The van der Waals surface area contributed by atoms with Crippen LogP contribution in [-0.4, -0.2) is 44.7 Å². The van der Waals surface area contributed by atoms with Crippen LogP contribution in [0.1, 0.15) is 23.2 Å². The average molecular weight is 271 g/mol. The van der Waals surface area contributed by atoms with Crippen molar-refractivity contribution in [3.8, 4) is 5.82 Å². The quantitative estimate of drug-likeness (QED) is 0.900. The lowest BCUT2D eigenvalue weighted by Crippen LogP contribution is -2.40. The normalized spacial score (nSPS) is 16.4. The molecule has 0 spiro atoms. The van der Waals surface area contributed by atoms with E-state index in [1.807, 2.05) is 35.2 Å². The summed E-state index contributed by atoms with van der Waals surface area (Å²) in [6, 6.07) is 7.50. The number of hydrogen-bond donors (Lipinski definition) is 1. The average Bonchev–Trinajstić information content (AvgIpc) is 3.02. The number of piperidine rings is 1. The second-order valence-corrected chi connectivity index (χ2v) is 5.02. The smallest absolute Gasteiger partial charge is 0.255 e. The zero-order valence-corrected chi connectivity index (χ0v) is 11.1. The Balaban J connectivity index is 1.73. The van der Waals surface area contributed by atoms with Crippen LogP contribution in [0.25, 0.3) is 5.82 Å². The molecular formula is C15H17N3O2. The number of rotatable bonds is 2. The zero-order valence-electron chi connectivity index (χ0n) is 11.1. The molecule has 1 N–H and O–H groups in total. The van der Waals surface area contributed by atoms with Gasteiger partial charge in [0.2, 0.25) is 0 Å². The Morgan fingerprint density at radius 1 is 1.20 bits per heavy atom. The molecule has 104 valence electrons. The first-order chi connectivity index (χ1) is 9.74. The highest BCUT2D eigenvalue weighted by molar-refractivity contribution is 5.94. The van der Waals surface area contributed by atoms with Crippen LogP contribution in [0.15, 0.2) is 42.9 Å². The van der Waals surface area contributed by atoms with Gasteiger partial charge in [-0.3, -0.25) is 4.79 Å². The van der Waals surface area contributed by atoms with Gasteiger partial charge >= 0.3 is 0 Å². The number of likely N-dealkylation sites (tertiary alicyclic amines) is 1. The third-order valence-corrected chi connectivity index (χ3v) is 3.62. The second kappa shape index (κ2) is 5.46. The molecule has 2 aromatic heterocycles. The molecular weight excluding hydrogens is 254 g/mol. The van der Waals surface area contributed by atoms with E-state index >= 15 is 0 Å². The number of aromatic nitrogens is 2. The van der Waals surface area contributed by atoms with Crippen LogP contribution in [0.5, 0.6) is 0 Å². The Morgan fingerprint density at radius 2 is 1.90 bits per heavy atom. The van der Waals surface area contributed by atoms with Gasteiger partial charge in [0.1, 0.15) is 5.82 Å². The molecule has 3 heterocycles. The number of pyridine rings is 1. The molecule has 0 unspecified atom stereocenters. The van der Waals surface area contributed by atoms with Crippen molar-refractivity contribution in [2.45, 2.75) is 18.9 Å². The molecule has 0 saturated carbocycles. The van der Waals surface area contributed by atoms with Crippen molar-refractivity contribution in [3.63, 3.8) is 0 Å². The van der Waals surface area contributed by atoms with Gasteiger partial charge < -0.3 is 14.6 Å². The minimum Gasteiger partial charge on any atom is -0.393 e. The van der Waals surface area contributed by atoms with Crippen molar-refractivity contribution in [1.82, 2.24) is 14.5 Å². The first-order valence-electron chi connectivity index (χ1n) is 6.81. The van der Waals surface area contributed by atoms with Gasteiger partial charge in [-0.2, -0.15) is 0 Å². The summed E-state index contributed by atoms with van der Waals surface area (Å²) in [6.45, 7) is 1.22. The molecule has 0 atom stereocenters. The molecule has 5 heteroatoms. The summed E-state index contributed by atoms with van der Waals surface area (Å²) in [4.78, 5) is 18.4. The van der Waals surface area contributed by atoms with E-state index in [2.05, 4.69) is 4.98 Å². The molecule has 1 amide bonds. The van der Waals surface area contributed by atoms with Gasteiger partial charge in [0.05, 0.1) is 11.7 Å². The van der Waals surface area contributed by atoms with Crippen LogP contribution in [0.3, 0.4) is 0 Å². The number of aliphatic hydroxyl groups is 1. The van der Waals surface area contributed by atoms with E-state index in [-0.39, 0.29) is 12.0 Å². The van der Waals surface area contributed by atoms with E-state index in [0.29, 0.717) is 31.5 Å². The van der Waals surface area contributed by atoms with Crippen molar-refractivity contribution >= 4 is 5.91 Å². The molecule has 5 nitrogen and oxygen atoms in total. The number of carbonyl (C=O) groups excluding carboxylic acids is 1. The molecule has 1 aliphatic rings. The molecule has 3 rings (SSSR count). The number of nitrogens with zero attached hydrogens (tertiary/aromatic N) is 3. The zero-order chi connectivity index (χ0) is 13.9. The summed E-state index contributed by atoms with van der Waals surface area (Å²) in [5.74, 6) is 0.782. The summed E-state index contributed by atoms with van der Waals surface area (Å²) >= 11 is 0. The fraction of sp³-hybridized carbons (Fsp3) is 0.333. The summed E-state index contributed by atoms with van der Waals surface area (Å²) in [6.07, 6.45) is 6.48. The summed E-state index contributed by atoms with van der Waals surface area (Å²) < 4.78 is 1.89. The van der Waals surface area contributed by atoms with Crippen LogP contribution >= 0.6 is 0 Å². The van der Waals surface area contributed by atoms with Gasteiger partial charge in [0.25, 0.3) is 5.91 Å². The summed E-state index contributed by atoms with van der Waals surface area (Å²) in [5.41, 5.74) is 0.595. The van der Waals surface area contributed by atoms with Crippen LogP contribution in [-0.2, 0) is 0 Å².